The van der Waals surface area contributed by atoms with Gasteiger partial charge in [-0.2, -0.15) is 0 Å². The van der Waals surface area contributed by atoms with Gasteiger partial charge in [-0.25, -0.2) is 17.5 Å². The van der Waals surface area contributed by atoms with Gasteiger partial charge in [0.1, 0.15) is 4.90 Å². The van der Waals surface area contributed by atoms with Crippen LogP contribution in [0, 0.1) is 5.82 Å². The maximum atomic E-state index is 13.9. The topological polar surface area (TPSA) is 49.4 Å². The fraction of sp³-hybridized carbons (Fsp3) is 0.571. The Morgan fingerprint density at radius 1 is 1.24 bits per heavy atom. The van der Waals surface area contributed by atoms with Gasteiger partial charge in [-0.1, -0.05) is 24.1 Å². The van der Waals surface area contributed by atoms with E-state index < -0.39 is 15.8 Å². The third-order valence-electron chi connectivity index (χ3n) is 4.37. The van der Waals surface area contributed by atoms with E-state index in [0.29, 0.717) is 0 Å². The highest BCUT2D eigenvalue weighted by atomic mass is 35.5. The lowest BCUT2D eigenvalue weighted by atomic mass is 10.00. The van der Waals surface area contributed by atoms with E-state index in [4.69, 9.17) is 11.6 Å². The van der Waals surface area contributed by atoms with Gasteiger partial charge in [-0.15, -0.1) is 0 Å². The van der Waals surface area contributed by atoms with Crippen molar-refractivity contribution in [3.05, 3.63) is 29.0 Å². The summed E-state index contributed by atoms with van der Waals surface area (Å²) in [6.45, 7) is 1.92. The molecule has 3 rings (SSSR count). The van der Waals surface area contributed by atoms with E-state index in [1.165, 1.54) is 24.6 Å². The molecule has 0 unspecified atom stereocenters. The second kappa shape index (κ2) is 5.83. The van der Waals surface area contributed by atoms with E-state index in [9.17, 15) is 12.8 Å². The van der Waals surface area contributed by atoms with Crippen LogP contribution in [0.3, 0.4) is 0 Å². The van der Waals surface area contributed by atoms with Gasteiger partial charge in [-0.05, 0) is 37.9 Å². The molecule has 1 aromatic carbocycles. The second-order valence-corrected chi connectivity index (χ2v) is 7.76. The number of nitrogens with one attached hydrogen (secondary N) is 1. The molecule has 1 aromatic rings. The lowest BCUT2D eigenvalue weighted by Gasteiger charge is -2.32. The quantitative estimate of drug-likeness (QED) is 0.924. The van der Waals surface area contributed by atoms with Crippen molar-refractivity contribution in [3.8, 4) is 0 Å². The van der Waals surface area contributed by atoms with Crippen molar-refractivity contribution in [2.75, 3.05) is 13.1 Å². The Morgan fingerprint density at radius 2 is 2.05 bits per heavy atom. The van der Waals surface area contributed by atoms with Crippen LogP contribution < -0.4 is 4.72 Å². The molecule has 2 aliphatic heterocycles. The highest BCUT2D eigenvalue weighted by molar-refractivity contribution is 7.89. The zero-order chi connectivity index (χ0) is 15.0. The molecule has 0 bridgehead atoms. The number of rotatable bonds is 3. The first kappa shape index (κ1) is 15.2. The van der Waals surface area contributed by atoms with Crippen LogP contribution in [0.15, 0.2) is 23.1 Å². The molecule has 1 N–H and O–H groups in total. The number of sulfonamides is 1. The molecule has 0 amide bonds. The largest absolute Gasteiger partial charge is 0.299 e. The Bertz CT molecular complexity index is 638. The molecule has 2 saturated heterocycles. The number of fused-ring (bicyclic) bond motifs is 1. The van der Waals surface area contributed by atoms with Gasteiger partial charge in [0, 0.05) is 18.6 Å². The standard InChI is InChI=1S/C14H18ClFN2O2S/c15-10-4-3-6-13(14(10)16)21(19,20)17-11-7-9-18-8-2-1-5-12(11)18/h3-4,6,11-12,17H,1-2,5,7-9H2/t11-,12-/m1/s1. The molecule has 21 heavy (non-hydrogen) atoms. The predicted octanol–water partition coefficient (Wildman–Crippen LogP) is 2.38. The minimum absolute atomic E-state index is 0.145. The van der Waals surface area contributed by atoms with Crippen molar-refractivity contribution in [1.82, 2.24) is 9.62 Å². The van der Waals surface area contributed by atoms with Gasteiger partial charge in [0.25, 0.3) is 0 Å². The van der Waals surface area contributed by atoms with Crippen molar-refractivity contribution < 1.29 is 12.8 Å². The Labute approximate surface area is 129 Å². The molecule has 0 aliphatic carbocycles. The Balaban J connectivity index is 1.82. The minimum atomic E-state index is -3.88. The van der Waals surface area contributed by atoms with Crippen LogP contribution in [0.2, 0.25) is 5.02 Å². The number of hydrogen-bond donors (Lipinski definition) is 1. The van der Waals surface area contributed by atoms with Gasteiger partial charge in [0.15, 0.2) is 5.82 Å². The Hall–Kier alpha value is -0.690. The number of piperidine rings is 1. The fourth-order valence-electron chi connectivity index (χ4n) is 3.34. The van der Waals surface area contributed by atoms with Crippen LogP contribution in [0.5, 0.6) is 0 Å². The van der Waals surface area contributed by atoms with Crippen LogP contribution in [-0.4, -0.2) is 38.5 Å². The molecule has 2 atom stereocenters. The van der Waals surface area contributed by atoms with Crippen molar-refractivity contribution >= 4 is 21.6 Å². The molecular weight excluding hydrogens is 315 g/mol. The minimum Gasteiger partial charge on any atom is -0.299 e. The molecular formula is C14H18ClFN2O2S. The summed E-state index contributed by atoms with van der Waals surface area (Å²) in [7, 11) is -3.88. The van der Waals surface area contributed by atoms with Crippen LogP contribution in [0.25, 0.3) is 0 Å². The summed E-state index contributed by atoms with van der Waals surface area (Å²) in [5, 5.41) is -0.177. The average molecular weight is 333 g/mol. The summed E-state index contributed by atoms with van der Waals surface area (Å²) in [4.78, 5) is 1.95. The summed E-state index contributed by atoms with van der Waals surface area (Å²) in [5.74, 6) is -0.884. The molecule has 2 heterocycles. The maximum Gasteiger partial charge on any atom is 0.243 e. The van der Waals surface area contributed by atoms with E-state index >= 15 is 0 Å². The van der Waals surface area contributed by atoms with Crippen molar-refractivity contribution in [3.63, 3.8) is 0 Å². The third kappa shape index (κ3) is 2.95. The van der Waals surface area contributed by atoms with Crippen LogP contribution >= 0.6 is 11.6 Å². The molecule has 7 heteroatoms. The summed E-state index contributed by atoms with van der Waals surface area (Å²) < 4.78 is 41.4. The molecule has 0 radical (unpaired) electrons. The molecule has 0 spiro atoms. The van der Waals surface area contributed by atoms with Crippen LogP contribution in [0.1, 0.15) is 25.7 Å². The van der Waals surface area contributed by atoms with E-state index in [1.54, 1.807) is 0 Å². The van der Waals surface area contributed by atoms with E-state index in [0.717, 1.165) is 32.4 Å². The molecule has 0 aromatic heterocycles. The smallest absolute Gasteiger partial charge is 0.243 e. The number of halogens is 2. The second-order valence-electron chi connectivity index (χ2n) is 5.67. The molecule has 2 fully saturated rings. The van der Waals surface area contributed by atoms with Crippen molar-refractivity contribution in [2.24, 2.45) is 0 Å². The monoisotopic (exact) mass is 332 g/mol. The normalized spacial score (nSPS) is 26.8. The van der Waals surface area contributed by atoms with E-state index in [2.05, 4.69) is 9.62 Å². The van der Waals surface area contributed by atoms with Gasteiger partial charge in [-0.3, -0.25) is 4.90 Å². The predicted molar refractivity (Wildman–Crippen MR) is 79.3 cm³/mol. The highest BCUT2D eigenvalue weighted by Crippen LogP contribution is 2.29. The lowest BCUT2D eigenvalue weighted by Crippen LogP contribution is -2.46. The summed E-state index contributed by atoms with van der Waals surface area (Å²) >= 11 is 5.67. The van der Waals surface area contributed by atoms with Gasteiger partial charge >= 0.3 is 0 Å². The summed E-state index contributed by atoms with van der Waals surface area (Å²) in [6, 6.07) is 4.12. The van der Waals surface area contributed by atoms with Gasteiger partial charge < -0.3 is 0 Å². The van der Waals surface area contributed by atoms with Crippen molar-refractivity contribution in [1.29, 1.82) is 0 Å². The van der Waals surface area contributed by atoms with Crippen molar-refractivity contribution in [2.45, 2.75) is 42.7 Å². The Kier molecular flexibility index (Phi) is 4.23. The average Bonchev–Trinajstić information content (AvgIpc) is 2.84. The van der Waals surface area contributed by atoms with E-state index in [-0.39, 0.29) is 22.0 Å². The van der Waals surface area contributed by atoms with Gasteiger partial charge in [0.2, 0.25) is 10.0 Å². The zero-order valence-corrected chi connectivity index (χ0v) is 13.1. The van der Waals surface area contributed by atoms with Gasteiger partial charge in [0.05, 0.1) is 5.02 Å². The first-order valence-corrected chi connectivity index (χ1v) is 9.05. The SMILES string of the molecule is O=S(=O)(N[C@@H]1CCN2CCCC[C@H]12)c1cccc(Cl)c1F. The molecule has 2 aliphatic rings. The summed E-state index contributed by atoms with van der Waals surface area (Å²) in [5.41, 5.74) is 0. The highest BCUT2D eigenvalue weighted by Gasteiger charge is 2.38. The molecule has 116 valence electrons. The van der Waals surface area contributed by atoms with E-state index in [1.807, 2.05) is 0 Å². The number of benzene rings is 1. The number of nitrogens with zero attached hydrogens (tertiary/aromatic N) is 1. The third-order valence-corrected chi connectivity index (χ3v) is 6.17. The summed E-state index contributed by atoms with van der Waals surface area (Å²) in [6.07, 6.45) is 4.04. The first-order valence-electron chi connectivity index (χ1n) is 7.19. The lowest BCUT2D eigenvalue weighted by molar-refractivity contribution is 0.186. The number of hydrogen-bond acceptors (Lipinski definition) is 3. The first-order chi connectivity index (χ1) is 9.99. The fourth-order valence-corrected chi connectivity index (χ4v) is 4.97. The maximum absolute atomic E-state index is 13.9. The zero-order valence-electron chi connectivity index (χ0n) is 11.6. The Morgan fingerprint density at radius 3 is 2.86 bits per heavy atom. The molecule has 0 saturated carbocycles. The van der Waals surface area contributed by atoms with Crippen LogP contribution in [-0.2, 0) is 10.0 Å². The molecule has 4 nitrogen and oxygen atoms in total. The van der Waals surface area contributed by atoms with Crippen LogP contribution in [0.4, 0.5) is 4.39 Å².